The number of hydrogen-bond acceptors (Lipinski definition) is 10. The largest absolute Gasteiger partial charge is 0.524 e. The molecule has 3 heterocycles. The average Bonchev–Trinajstić information content (AvgIpc) is 2.58. The molecule has 0 N–H and O–H groups in total. The zero-order valence-electron chi connectivity index (χ0n) is 13.1. The summed E-state index contributed by atoms with van der Waals surface area (Å²) < 4.78 is 28.0. The maximum Gasteiger partial charge on any atom is 0.524 e. The summed E-state index contributed by atoms with van der Waals surface area (Å²) in [6.07, 6.45) is -2.98. The third kappa shape index (κ3) is 3.26. The highest BCUT2D eigenvalue weighted by molar-refractivity contribution is 6.40. The molecule has 10 nitrogen and oxygen atoms in total. The van der Waals surface area contributed by atoms with Gasteiger partial charge in [-0.1, -0.05) is 23.2 Å². The molecule has 6 bridgehead atoms. The third-order valence-corrected chi connectivity index (χ3v) is 4.09. The Hall–Kier alpha value is -3.50. The summed E-state index contributed by atoms with van der Waals surface area (Å²) in [4.78, 5) is 47.3. The van der Waals surface area contributed by atoms with Gasteiger partial charge in [0.05, 0.1) is 10.0 Å². The van der Waals surface area contributed by atoms with Crippen LogP contribution < -0.4 is 21.1 Å². The molecule has 5 rings (SSSR count). The summed E-state index contributed by atoms with van der Waals surface area (Å²) >= 11 is 12.5. The number of cyclic esters (lactones) is 2. The summed E-state index contributed by atoms with van der Waals surface area (Å²) in [6, 6.07) is 4.61. The van der Waals surface area contributed by atoms with Gasteiger partial charge in [-0.25, -0.2) is 19.2 Å². The van der Waals surface area contributed by atoms with E-state index in [2.05, 4.69) is 9.15 Å². The summed E-state index contributed by atoms with van der Waals surface area (Å²) in [6.45, 7) is 0. The second-order valence-electron chi connectivity index (χ2n) is 5.17. The number of fused-ring (bicyclic) bond motifs is 6. The Morgan fingerprint density at radius 3 is 1.43 bits per heavy atom. The molecule has 2 aromatic carbocycles. The van der Waals surface area contributed by atoms with Gasteiger partial charge in [0.15, 0.2) is 22.7 Å². The molecule has 0 unspecified atom stereocenters. The molecule has 12 heteroatoms. The van der Waals surface area contributed by atoms with Crippen LogP contribution in [0.2, 0.25) is 10.0 Å². The van der Waals surface area contributed by atoms with E-state index >= 15 is 0 Å². The molecule has 1 aliphatic rings. The molecule has 1 aliphatic heterocycles. The van der Waals surface area contributed by atoms with Gasteiger partial charge in [-0.2, -0.15) is 0 Å². The molecular weight excluding hydrogens is 423 g/mol. The SMILES string of the molecule is O=C1OC(=O)Oc2cc3c(Cl)cc2oc(=O)oc(=O)oc2cc(Cl)c3cc2O1. The van der Waals surface area contributed by atoms with Crippen LogP contribution in [0.3, 0.4) is 0 Å². The highest BCUT2D eigenvalue weighted by atomic mass is 35.5. The molecule has 0 atom stereocenters. The van der Waals surface area contributed by atoms with E-state index in [1.807, 2.05) is 0 Å². The second-order valence-corrected chi connectivity index (χ2v) is 5.98. The number of halogens is 2. The number of benzene rings is 2. The lowest BCUT2D eigenvalue weighted by Crippen LogP contribution is -2.19. The van der Waals surface area contributed by atoms with Crippen molar-refractivity contribution in [1.29, 1.82) is 0 Å². The summed E-state index contributed by atoms with van der Waals surface area (Å²) in [5.41, 5.74) is -0.829. The van der Waals surface area contributed by atoms with Gasteiger partial charge in [0.1, 0.15) is 0 Å². The van der Waals surface area contributed by atoms with Crippen LogP contribution >= 0.6 is 23.2 Å². The fourth-order valence-corrected chi connectivity index (χ4v) is 2.89. The third-order valence-electron chi connectivity index (χ3n) is 3.46. The molecule has 0 amide bonds. The van der Waals surface area contributed by atoms with Crippen molar-refractivity contribution in [3.8, 4) is 11.5 Å². The standard InChI is InChI=1S/C16H4Cl2O10/c17-7-3-11-9-1-5(7)6-2-10(24-14(20)27-13(19)23-9)12(4-8(6)18)26-16(22)28-15(21)25-11/h1-4H. The van der Waals surface area contributed by atoms with Crippen LogP contribution in [0.15, 0.2) is 47.1 Å². The first-order valence-corrected chi connectivity index (χ1v) is 7.96. The monoisotopic (exact) mass is 426 g/mol. The van der Waals surface area contributed by atoms with Crippen LogP contribution in [0.4, 0.5) is 9.59 Å². The van der Waals surface area contributed by atoms with Crippen molar-refractivity contribution >= 4 is 57.5 Å². The van der Waals surface area contributed by atoms with Crippen molar-refractivity contribution < 1.29 is 37.1 Å². The van der Waals surface area contributed by atoms with Crippen LogP contribution in [0.5, 0.6) is 11.5 Å². The van der Waals surface area contributed by atoms with Gasteiger partial charge >= 0.3 is 24.0 Å². The Balaban J connectivity index is 2.35. The van der Waals surface area contributed by atoms with Crippen molar-refractivity contribution in [2.24, 2.45) is 0 Å². The zero-order chi connectivity index (χ0) is 20.0. The first kappa shape index (κ1) is 17.9. The normalized spacial score (nSPS) is 13.2. The maximum atomic E-state index is 11.8. The van der Waals surface area contributed by atoms with Crippen molar-refractivity contribution in [3.05, 3.63) is 55.5 Å². The Morgan fingerprint density at radius 1 is 0.571 bits per heavy atom. The predicted molar refractivity (Wildman–Crippen MR) is 91.6 cm³/mol. The van der Waals surface area contributed by atoms with E-state index in [0.29, 0.717) is 0 Å². The average molecular weight is 427 g/mol. The van der Waals surface area contributed by atoms with Crippen LogP contribution in [-0.4, -0.2) is 12.3 Å². The molecule has 0 aliphatic carbocycles. The van der Waals surface area contributed by atoms with Crippen molar-refractivity contribution in [2.45, 2.75) is 0 Å². The van der Waals surface area contributed by atoms with Crippen molar-refractivity contribution in [2.75, 3.05) is 0 Å². The van der Waals surface area contributed by atoms with Crippen LogP contribution in [-0.2, 0) is 4.74 Å². The number of ether oxygens (including phenoxy) is 3. The van der Waals surface area contributed by atoms with Gasteiger partial charge in [0, 0.05) is 22.9 Å². The van der Waals surface area contributed by atoms with E-state index in [1.54, 1.807) is 0 Å². The lowest BCUT2D eigenvalue weighted by molar-refractivity contribution is 0.0892. The topological polar surface area (TPSA) is 135 Å². The molecule has 2 aromatic heterocycles. The molecule has 142 valence electrons. The van der Waals surface area contributed by atoms with Gasteiger partial charge in [-0.3, -0.25) is 0 Å². The molecule has 4 aromatic rings. The van der Waals surface area contributed by atoms with Gasteiger partial charge in [-0.05, 0) is 12.1 Å². The zero-order valence-corrected chi connectivity index (χ0v) is 14.7. The predicted octanol–water partition coefficient (Wildman–Crippen LogP) is 3.95. The van der Waals surface area contributed by atoms with Crippen LogP contribution in [0, 0.1) is 0 Å². The van der Waals surface area contributed by atoms with Crippen LogP contribution in [0.25, 0.3) is 21.9 Å². The molecule has 28 heavy (non-hydrogen) atoms. The minimum absolute atomic E-state index is 0.0150. The highest BCUT2D eigenvalue weighted by Crippen LogP contribution is 2.37. The minimum Gasteiger partial charge on any atom is -0.391 e. The van der Waals surface area contributed by atoms with Crippen molar-refractivity contribution in [3.63, 3.8) is 0 Å². The molecule has 0 saturated heterocycles. The molecular formula is C16H4Cl2O10. The lowest BCUT2D eigenvalue weighted by atomic mass is 10.1. The quantitative estimate of drug-likeness (QED) is 0.295. The lowest BCUT2D eigenvalue weighted by Gasteiger charge is -2.05. The number of carbonyl (C=O) groups excluding carboxylic acids is 2. The van der Waals surface area contributed by atoms with Gasteiger partial charge in [0.2, 0.25) is 0 Å². The Bertz CT molecular complexity index is 1240. The summed E-state index contributed by atoms with van der Waals surface area (Å²) in [5.74, 6) is -3.79. The molecule has 0 fully saturated rings. The van der Waals surface area contributed by atoms with E-state index in [1.165, 1.54) is 12.1 Å². The molecule has 0 spiro atoms. The summed E-state index contributed by atoms with van der Waals surface area (Å²) in [5, 5.41) is 0.459. The fraction of sp³-hybridized carbons (Fsp3) is 0. The van der Waals surface area contributed by atoms with Gasteiger partial charge in [-0.15, -0.1) is 0 Å². The van der Waals surface area contributed by atoms with Gasteiger partial charge < -0.3 is 27.5 Å². The molecule has 0 saturated carbocycles. The van der Waals surface area contributed by atoms with E-state index in [0.717, 1.165) is 12.1 Å². The number of rotatable bonds is 0. The van der Waals surface area contributed by atoms with Gasteiger partial charge in [0.25, 0.3) is 0 Å². The maximum absolute atomic E-state index is 11.8. The Labute approximate surface area is 162 Å². The Kier molecular flexibility index (Phi) is 4.21. The number of hydrogen-bond donors (Lipinski definition) is 0. The van der Waals surface area contributed by atoms with E-state index in [9.17, 15) is 19.2 Å². The van der Waals surface area contributed by atoms with E-state index in [-0.39, 0.29) is 32.3 Å². The highest BCUT2D eigenvalue weighted by Gasteiger charge is 2.22. The number of carbonyl (C=O) groups is 2. The van der Waals surface area contributed by atoms with E-state index < -0.39 is 35.1 Å². The smallest absolute Gasteiger partial charge is 0.391 e. The first-order valence-electron chi connectivity index (χ1n) is 7.20. The second kappa shape index (κ2) is 6.59. The molecule has 0 radical (unpaired) electrons. The fourth-order valence-electron chi connectivity index (χ4n) is 2.38. The minimum atomic E-state index is -1.51. The summed E-state index contributed by atoms with van der Waals surface area (Å²) in [7, 11) is 0. The Morgan fingerprint density at radius 2 is 1.00 bits per heavy atom. The first-order chi connectivity index (χ1) is 13.3. The van der Waals surface area contributed by atoms with Crippen LogP contribution in [0.1, 0.15) is 0 Å². The van der Waals surface area contributed by atoms with E-state index in [4.69, 9.17) is 41.5 Å². The van der Waals surface area contributed by atoms with Crippen molar-refractivity contribution in [1.82, 2.24) is 0 Å².